The number of esters is 1. The van der Waals surface area contributed by atoms with E-state index < -0.39 is 18.5 Å². The van der Waals surface area contributed by atoms with Crippen LogP contribution >= 0.6 is 0 Å². The van der Waals surface area contributed by atoms with Crippen LogP contribution in [0.1, 0.15) is 19.3 Å². The fourth-order valence-electron chi connectivity index (χ4n) is 2.45. The van der Waals surface area contributed by atoms with Gasteiger partial charge >= 0.3 is 5.97 Å². The Kier molecular flexibility index (Phi) is 8.50. The molecule has 2 N–H and O–H groups in total. The number of methoxy groups -OCH3 is 2. The maximum atomic E-state index is 12.0. The van der Waals surface area contributed by atoms with Crippen LogP contribution in [-0.4, -0.2) is 38.6 Å². The van der Waals surface area contributed by atoms with Crippen LogP contribution in [0.3, 0.4) is 0 Å². The standard InChI is InChI=1S/C21H24N2O6/c1-27-16-11-12-18(28-2)17(13-16)23-20(25)14-29-21(26)10-6-9-19(24)22-15-7-4-3-5-8-15/h3-5,7-8,11-13H,6,9-10,14H2,1-2H3,(H,22,24)(H,23,25). The summed E-state index contributed by atoms with van der Waals surface area (Å²) in [6, 6.07) is 14.0. The second kappa shape index (κ2) is 11.3. The lowest BCUT2D eigenvalue weighted by Gasteiger charge is -2.12. The smallest absolute Gasteiger partial charge is 0.306 e. The topological polar surface area (TPSA) is 103 Å². The van der Waals surface area contributed by atoms with Crippen molar-refractivity contribution in [3.63, 3.8) is 0 Å². The quantitative estimate of drug-likeness (QED) is 0.595. The number of benzene rings is 2. The van der Waals surface area contributed by atoms with Gasteiger partial charge in [-0.25, -0.2) is 0 Å². The highest BCUT2D eigenvalue weighted by Gasteiger charge is 2.12. The molecule has 0 spiro atoms. The zero-order valence-corrected chi connectivity index (χ0v) is 16.4. The SMILES string of the molecule is COc1ccc(OC)c(NC(=O)COC(=O)CCCC(=O)Nc2ccccc2)c1. The molecule has 29 heavy (non-hydrogen) atoms. The zero-order chi connectivity index (χ0) is 21.1. The minimum absolute atomic E-state index is 0.0397. The van der Waals surface area contributed by atoms with Crippen LogP contribution in [0, 0.1) is 0 Å². The molecule has 2 rings (SSSR count). The minimum atomic E-state index is -0.551. The molecule has 0 saturated carbocycles. The van der Waals surface area contributed by atoms with Crippen LogP contribution in [-0.2, 0) is 19.1 Å². The van der Waals surface area contributed by atoms with Gasteiger partial charge in [-0.15, -0.1) is 0 Å². The predicted octanol–water partition coefficient (Wildman–Crippen LogP) is 2.99. The largest absolute Gasteiger partial charge is 0.497 e. The lowest BCUT2D eigenvalue weighted by Crippen LogP contribution is -2.21. The van der Waals surface area contributed by atoms with Gasteiger partial charge in [-0.2, -0.15) is 0 Å². The Morgan fingerprint density at radius 3 is 2.31 bits per heavy atom. The van der Waals surface area contributed by atoms with Gasteiger partial charge in [0.15, 0.2) is 6.61 Å². The summed E-state index contributed by atoms with van der Waals surface area (Å²) in [5.41, 5.74) is 1.11. The third-order valence-electron chi connectivity index (χ3n) is 3.89. The summed E-state index contributed by atoms with van der Waals surface area (Å²) < 4.78 is 15.2. The van der Waals surface area contributed by atoms with Crippen molar-refractivity contribution in [2.45, 2.75) is 19.3 Å². The molecule has 0 aliphatic rings. The Morgan fingerprint density at radius 2 is 1.62 bits per heavy atom. The predicted molar refractivity (Wildman–Crippen MR) is 108 cm³/mol. The molecule has 0 heterocycles. The van der Waals surface area contributed by atoms with Crippen molar-refractivity contribution in [2.24, 2.45) is 0 Å². The monoisotopic (exact) mass is 400 g/mol. The summed E-state index contributed by atoms with van der Waals surface area (Å²) in [4.78, 5) is 35.6. The lowest BCUT2D eigenvalue weighted by atomic mass is 10.2. The first-order chi connectivity index (χ1) is 14.0. The van der Waals surface area contributed by atoms with E-state index in [4.69, 9.17) is 14.2 Å². The molecule has 0 atom stereocenters. The number of rotatable bonds is 10. The third kappa shape index (κ3) is 7.53. The van der Waals surface area contributed by atoms with Gasteiger partial charge in [0.25, 0.3) is 5.91 Å². The Labute approximate surface area is 169 Å². The molecule has 2 aromatic carbocycles. The molecule has 0 aromatic heterocycles. The fourth-order valence-corrected chi connectivity index (χ4v) is 2.45. The van der Waals surface area contributed by atoms with Gasteiger partial charge < -0.3 is 24.8 Å². The summed E-state index contributed by atoms with van der Waals surface area (Å²) in [5.74, 6) is -0.245. The Balaban J connectivity index is 1.69. The highest BCUT2D eigenvalue weighted by Crippen LogP contribution is 2.28. The molecule has 0 radical (unpaired) electrons. The zero-order valence-electron chi connectivity index (χ0n) is 16.4. The van der Waals surface area contributed by atoms with E-state index in [2.05, 4.69) is 10.6 Å². The van der Waals surface area contributed by atoms with Crippen LogP contribution in [0.4, 0.5) is 11.4 Å². The molecule has 0 unspecified atom stereocenters. The number of hydrogen-bond acceptors (Lipinski definition) is 6. The molecule has 0 aliphatic heterocycles. The molecule has 8 heteroatoms. The molecule has 2 amide bonds. The van der Waals surface area contributed by atoms with Crippen LogP contribution in [0.5, 0.6) is 11.5 Å². The lowest BCUT2D eigenvalue weighted by molar-refractivity contribution is -0.147. The van der Waals surface area contributed by atoms with E-state index in [1.54, 1.807) is 30.3 Å². The maximum Gasteiger partial charge on any atom is 0.306 e. The molecular formula is C21H24N2O6. The second-order valence-electron chi connectivity index (χ2n) is 6.04. The van der Waals surface area contributed by atoms with Crippen molar-refractivity contribution in [2.75, 3.05) is 31.5 Å². The average Bonchev–Trinajstić information content (AvgIpc) is 2.73. The minimum Gasteiger partial charge on any atom is -0.497 e. The van der Waals surface area contributed by atoms with Gasteiger partial charge in [0.1, 0.15) is 11.5 Å². The third-order valence-corrected chi connectivity index (χ3v) is 3.89. The molecule has 8 nitrogen and oxygen atoms in total. The number of amides is 2. The van der Waals surface area contributed by atoms with Gasteiger partial charge in [-0.05, 0) is 30.7 Å². The number of hydrogen-bond donors (Lipinski definition) is 2. The number of nitrogens with one attached hydrogen (secondary N) is 2. The first-order valence-corrected chi connectivity index (χ1v) is 9.04. The average molecular weight is 400 g/mol. The first-order valence-electron chi connectivity index (χ1n) is 9.04. The Morgan fingerprint density at radius 1 is 0.862 bits per heavy atom. The molecule has 0 saturated heterocycles. The number of para-hydroxylation sites is 1. The molecular weight excluding hydrogens is 376 g/mol. The maximum absolute atomic E-state index is 12.0. The van der Waals surface area contributed by atoms with E-state index in [1.807, 2.05) is 18.2 Å². The highest BCUT2D eigenvalue weighted by atomic mass is 16.5. The molecule has 154 valence electrons. The fraction of sp³-hybridized carbons (Fsp3) is 0.286. The van der Waals surface area contributed by atoms with E-state index in [-0.39, 0.29) is 18.7 Å². The van der Waals surface area contributed by atoms with Crippen molar-refractivity contribution >= 4 is 29.2 Å². The number of ether oxygens (including phenoxy) is 3. The van der Waals surface area contributed by atoms with E-state index in [0.717, 1.165) is 0 Å². The Bertz CT molecular complexity index is 838. The van der Waals surface area contributed by atoms with Gasteiger partial charge in [0.2, 0.25) is 5.91 Å². The van der Waals surface area contributed by atoms with Crippen molar-refractivity contribution < 1.29 is 28.6 Å². The summed E-state index contributed by atoms with van der Waals surface area (Å²) in [7, 11) is 2.99. The highest BCUT2D eigenvalue weighted by molar-refractivity contribution is 5.94. The molecule has 0 aliphatic carbocycles. The van der Waals surface area contributed by atoms with E-state index in [1.165, 1.54) is 14.2 Å². The van der Waals surface area contributed by atoms with E-state index in [9.17, 15) is 14.4 Å². The van der Waals surface area contributed by atoms with Gasteiger partial charge in [-0.1, -0.05) is 18.2 Å². The second-order valence-corrected chi connectivity index (χ2v) is 6.04. The molecule has 2 aromatic rings. The van der Waals surface area contributed by atoms with Crippen LogP contribution < -0.4 is 20.1 Å². The number of anilines is 2. The van der Waals surface area contributed by atoms with Crippen LogP contribution in [0.25, 0.3) is 0 Å². The summed E-state index contributed by atoms with van der Waals surface area (Å²) in [6.07, 6.45) is 0.540. The number of carbonyl (C=O) groups is 3. The number of carbonyl (C=O) groups excluding carboxylic acids is 3. The van der Waals surface area contributed by atoms with Gasteiger partial charge in [0, 0.05) is 24.6 Å². The van der Waals surface area contributed by atoms with Gasteiger partial charge in [-0.3, -0.25) is 14.4 Å². The van der Waals surface area contributed by atoms with Crippen LogP contribution in [0.2, 0.25) is 0 Å². The molecule has 0 fully saturated rings. The Hall–Kier alpha value is -3.55. The molecule has 0 bridgehead atoms. The van der Waals surface area contributed by atoms with Crippen molar-refractivity contribution in [1.82, 2.24) is 0 Å². The van der Waals surface area contributed by atoms with Crippen molar-refractivity contribution in [3.05, 3.63) is 48.5 Å². The normalized spacial score (nSPS) is 10.0. The summed E-state index contributed by atoms with van der Waals surface area (Å²) >= 11 is 0. The van der Waals surface area contributed by atoms with Crippen LogP contribution in [0.15, 0.2) is 48.5 Å². The summed E-state index contributed by atoms with van der Waals surface area (Å²) in [6.45, 7) is -0.435. The summed E-state index contributed by atoms with van der Waals surface area (Å²) in [5, 5.41) is 5.34. The van der Waals surface area contributed by atoms with Gasteiger partial charge in [0.05, 0.1) is 19.9 Å². The van der Waals surface area contributed by atoms with Crippen molar-refractivity contribution in [3.8, 4) is 11.5 Å². The van der Waals surface area contributed by atoms with E-state index in [0.29, 0.717) is 29.3 Å². The van der Waals surface area contributed by atoms with E-state index >= 15 is 0 Å². The van der Waals surface area contributed by atoms with Crippen molar-refractivity contribution in [1.29, 1.82) is 0 Å². The first kappa shape index (κ1) is 21.7.